The quantitative estimate of drug-likeness (QED) is 0.224. The summed E-state index contributed by atoms with van der Waals surface area (Å²) in [6.07, 6.45) is 0. The number of hydrogen-bond acceptors (Lipinski definition) is 5. The van der Waals surface area contributed by atoms with Gasteiger partial charge in [-0.3, -0.25) is 4.79 Å². The minimum Gasteiger partial charge on any atom is -0.665 e. The van der Waals surface area contributed by atoms with Crippen LogP contribution < -0.4 is 5.43 Å². The maximum atomic E-state index is 11.7. The molecule has 1 aliphatic carbocycles. The van der Waals surface area contributed by atoms with Gasteiger partial charge < -0.3 is 24.5 Å². The van der Waals surface area contributed by atoms with E-state index in [-0.39, 0.29) is 70.5 Å². The van der Waals surface area contributed by atoms with Gasteiger partial charge in [0.05, 0.1) is 5.56 Å². The van der Waals surface area contributed by atoms with Crippen LogP contribution in [-0.4, -0.2) is 27.8 Å². The molecule has 149 valence electrons. The summed E-state index contributed by atoms with van der Waals surface area (Å²) in [6.45, 7) is 0.500. The molecule has 2 aromatic carbocycles. The van der Waals surface area contributed by atoms with Crippen LogP contribution in [0, 0.1) is 0 Å². The van der Waals surface area contributed by atoms with Gasteiger partial charge in [0.2, 0.25) is 0 Å². The maximum absolute atomic E-state index is 11.7. The van der Waals surface area contributed by atoms with Crippen molar-refractivity contribution in [3.63, 3.8) is 0 Å². The van der Waals surface area contributed by atoms with Crippen LogP contribution in [0.25, 0.3) is 33.4 Å². The van der Waals surface area contributed by atoms with Gasteiger partial charge in [0.25, 0.3) is 0 Å². The topological polar surface area (TPSA) is 125 Å². The van der Waals surface area contributed by atoms with Gasteiger partial charge in [-0.2, -0.15) is 0 Å². The maximum Gasteiger partial charge on any atom is 0.336 e. The van der Waals surface area contributed by atoms with Crippen molar-refractivity contribution in [3.8, 4) is 28.2 Å². The third kappa shape index (κ3) is 5.22. The Hall–Kier alpha value is -2.34. The van der Waals surface area contributed by atoms with Crippen molar-refractivity contribution in [2.45, 2.75) is 0 Å². The van der Waals surface area contributed by atoms with Crippen LogP contribution in [0.3, 0.4) is 0 Å². The number of hydrogen-bond donors (Lipinski definition) is 3. The van der Waals surface area contributed by atoms with E-state index in [4.69, 9.17) is 14.3 Å². The van der Waals surface area contributed by atoms with E-state index in [9.17, 15) is 19.8 Å². The van der Waals surface area contributed by atoms with Crippen LogP contribution in [0.2, 0.25) is 0 Å². The number of phenols is 1. The second-order valence-electron chi connectivity index (χ2n) is 5.76. The Kier molecular flexibility index (Phi) is 9.56. The van der Waals surface area contributed by atoms with Crippen molar-refractivity contribution in [1.29, 1.82) is 0 Å². The van der Waals surface area contributed by atoms with Gasteiger partial charge in [-0.1, -0.05) is 24.7 Å². The van der Waals surface area contributed by atoms with E-state index in [1.54, 1.807) is 30.3 Å². The number of rotatable bonds is 2. The Balaban J connectivity index is 0.000000851. The van der Waals surface area contributed by atoms with Crippen LogP contribution in [0.4, 0.5) is 0 Å². The summed E-state index contributed by atoms with van der Waals surface area (Å²) in [6, 6.07) is 15.7. The van der Waals surface area contributed by atoms with Gasteiger partial charge in [-0.05, 0) is 35.9 Å². The predicted molar refractivity (Wildman–Crippen MR) is 101 cm³/mol. The summed E-state index contributed by atoms with van der Waals surface area (Å²) >= 11 is 0. The molecule has 2 aromatic rings. The van der Waals surface area contributed by atoms with Gasteiger partial charge in [-0.15, -0.1) is 0 Å². The Morgan fingerprint density at radius 3 is 2.30 bits per heavy atom. The van der Waals surface area contributed by atoms with Gasteiger partial charge in [-0.25, -0.2) is 4.79 Å². The monoisotopic (exact) mass is 650 g/mol. The Morgan fingerprint density at radius 2 is 1.63 bits per heavy atom. The van der Waals surface area contributed by atoms with E-state index >= 15 is 0 Å². The molecule has 30 heavy (non-hydrogen) atoms. The zero-order valence-corrected chi connectivity index (χ0v) is 21.0. The fourth-order valence-electron chi connectivity index (χ4n) is 3.04. The SMILES string of the molecule is O=C(O)c1ccccc1-c1c2ccc(=O)cc-2oc2cc(O)ccc12.O=[C-]O.[W].[Y]. The molecule has 1 radical (unpaired) electrons. The average Bonchev–Trinajstić information content (AvgIpc) is 2.66. The molecule has 0 saturated heterocycles. The van der Waals surface area contributed by atoms with Gasteiger partial charge in [0.15, 0.2) is 5.43 Å². The van der Waals surface area contributed by atoms with Crippen LogP contribution in [0.15, 0.2) is 69.9 Å². The molecule has 0 amide bonds. The second-order valence-corrected chi connectivity index (χ2v) is 5.76. The minimum absolute atomic E-state index is 0. The summed E-state index contributed by atoms with van der Waals surface area (Å²) in [5.74, 6) is -0.691. The molecule has 0 unspecified atom stereocenters. The van der Waals surface area contributed by atoms with Crippen molar-refractivity contribution in [1.82, 2.24) is 0 Å². The number of carboxylic acids is 1. The number of fused-ring (bicyclic) bond motifs is 2. The largest absolute Gasteiger partial charge is 0.665 e. The second kappa shape index (κ2) is 11.2. The van der Waals surface area contributed by atoms with Crippen molar-refractivity contribution in [3.05, 3.63) is 76.5 Å². The fourth-order valence-corrected chi connectivity index (χ4v) is 3.04. The summed E-state index contributed by atoms with van der Waals surface area (Å²) in [4.78, 5) is 31.6. The molecule has 0 bridgehead atoms. The summed E-state index contributed by atoms with van der Waals surface area (Å²) in [5.41, 5.74) is 2.10. The molecule has 0 fully saturated rings. The number of benzene rings is 3. The molecule has 1 aliphatic heterocycles. The van der Waals surface area contributed by atoms with Crippen LogP contribution in [-0.2, 0) is 58.6 Å². The third-order valence-corrected chi connectivity index (χ3v) is 4.10. The van der Waals surface area contributed by atoms with Gasteiger partial charge in [0, 0.05) is 82.4 Å². The molecule has 0 saturated carbocycles. The molecule has 2 aliphatic rings. The van der Waals surface area contributed by atoms with Gasteiger partial charge >= 0.3 is 5.97 Å². The van der Waals surface area contributed by atoms with E-state index in [0.29, 0.717) is 39.9 Å². The number of carbonyl (C=O) groups is 1. The molecular formula is C21H13O7WY-. The molecule has 1 heterocycles. The van der Waals surface area contributed by atoms with Crippen LogP contribution in [0.5, 0.6) is 5.75 Å². The van der Waals surface area contributed by atoms with E-state index in [1.165, 1.54) is 30.3 Å². The number of aliphatic hydroxyl groups excluding tert-OH is 1. The van der Waals surface area contributed by atoms with Crippen molar-refractivity contribution in [2.75, 3.05) is 0 Å². The van der Waals surface area contributed by atoms with E-state index < -0.39 is 5.97 Å². The molecule has 7 nitrogen and oxygen atoms in total. The van der Waals surface area contributed by atoms with Crippen LogP contribution in [0.1, 0.15) is 10.4 Å². The number of aromatic carboxylic acids is 1. The first kappa shape index (κ1) is 25.7. The first-order chi connectivity index (χ1) is 13.5. The summed E-state index contributed by atoms with van der Waals surface area (Å²) in [7, 11) is 0. The van der Waals surface area contributed by atoms with Crippen molar-refractivity contribution in [2.24, 2.45) is 0 Å². The molecule has 0 aromatic heterocycles. The molecule has 4 rings (SSSR count). The zero-order valence-electron chi connectivity index (χ0n) is 15.2. The van der Waals surface area contributed by atoms with Crippen molar-refractivity contribution >= 4 is 23.4 Å². The number of phenolic OH excluding ortho intramolecular Hbond substituents is 1. The van der Waals surface area contributed by atoms with E-state index in [1.807, 2.05) is 0 Å². The minimum atomic E-state index is -1.04. The standard InChI is InChI=1S/C20H12O5.CHO2.W.Y/c21-11-5-7-15-17(9-11)25-18-10-12(22)6-8-16(18)19(15)13-3-1-2-4-14(13)20(23)24;2-1-3;;/h1-10,21H,(H,23,24);(H,2,3);;/q;-1;;. The van der Waals surface area contributed by atoms with Gasteiger partial charge in [0.1, 0.15) is 17.1 Å². The fraction of sp³-hybridized carbons (Fsp3) is 0. The predicted octanol–water partition coefficient (Wildman–Crippen LogP) is 3.58. The number of carboxylic acid groups (broad SMARTS) is 1. The smallest absolute Gasteiger partial charge is 0.336 e. The molecule has 9 heteroatoms. The van der Waals surface area contributed by atoms with E-state index in [0.717, 1.165) is 0 Å². The first-order valence-corrected chi connectivity index (χ1v) is 7.99. The summed E-state index contributed by atoms with van der Waals surface area (Å²) in [5, 5.41) is 26.7. The van der Waals surface area contributed by atoms with Crippen LogP contribution >= 0.6 is 0 Å². The molecule has 0 atom stereocenters. The Morgan fingerprint density at radius 1 is 0.967 bits per heavy atom. The molecule has 3 N–H and O–H groups in total. The average molecular weight is 650 g/mol. The normalized spacial score (nSPS) is 9.60. The molecule has 0 spiro atoms. The summed E-state index contributed by atoms with van der Waals surface area (Å²) < 4.78 is 5.76. The Bertz CT molecular complexity index is 1220. The van der Waals surface area contributed by atoms with Crippen molar-refractivity contribution < 1.29 is 83.1 Å². The van der Waals surface area contributed by atoms with E-state index in [2.05, 4.69) is 0 Å². The Labute approximate surface area is 209 Å². The number of aromatic hydroxyl groups is 1. The zero-order chi connectivity index (χ0) is 20.3. The third-order valence-electron chi connectivity index (χ3n) is 4.10. The first-order valence-electron chi connectivity index (χ1n) is 7.99. The molecular weight excluding hydrogens is 637 g/mol.